The molecule has 2 bridgehead atoms. The third-order valence-electron chi connectivity index (χ3n) is 5.53. The first-order valence-electron chi connectivity index (χ1n) is 9.80. The van der Waals surface area contributed by atoms with Gasteiger partial charge < -0.3 is 9.84 Å². The first-order valence-corrected chi connectivity index (χ1v) is 11.3. The number of carbonyl (C=O) groups is 1. The van der Waals surface area contributed by atoms with E-state index in [0.717, 1.165) is 6.07 Å². The number of anilines is 1. The molecular weight excluding hydrogens is 500 g/mol. The molecule has 35 heavy (non-hydrogen) atoms. The zero-order chi connectivity index (χ0) is 24.8. The summed E-state index contributed by atoms with van der Waals surface area (Å²) in [5.41, 5.74) is 0.574. The Kier molecular flexibility index (Phi) is 4.44. The molecule has 182 valence electrons. The third-order valence-corrected chi connectivity index (χ3v) is 6.96. The normalized spacial score (nSPS) is 29.8. The zero-order valence-corrected chi connectivity index (χ0v) is 18.2. The number of rotatable bonds is 5. The summed E-state index contributed by atoms with van der Waals surface area (Å²) in [4.78, 5) is 18.5. The highest BCUT2D eigenvalue weighted by molar-refractivity contribution is 7.50. The lowest BCUT2D eigenvalue weighted by Crippen LogP contribution is -2.65. The number of aliphatic hydroxyl groups is 1. The van der Waals surface area contributed by atoms with Crippen molar-refractivity contribution in [3.05, 3.63) is 42.3 Å². The van der Waals surface area contributed by atoms with Gasteiger partial charge in [-0.3, -0.25) is 4.98 Å². The highest BCUT2D eigenvalue weighted by Crippen LogP contribution is 2.81. The Hall–Kier alpha value is -3.43. The molecule has 1 amide bonds. The van der Waals surface area contributed by atoms with Crippen LogP contribution in [0.15, 0.2) is 36.5 Å². The number of amides is 1. The van der Waals surface area contributed by atoms with Crippen LogP contribution in [0.4, 0.5) is 23.7 Å². The number of aliphatic hydroxyl groups excluding tert-OH is 1. The summed E-state index contributed by atoms with van der Waals surface area (Å²) in [6.07, 6.45) is -6.24. The average molecular weight is 512 g/mol. The number of hydrogen-bond acceptors (Lipinski definition) is 11. The van der Waals surface area contributed by atoms with E-state index in [4.69, 9.17) is 18.3 Å². The Bertz CT molecular complexity index is 1410. The van der Waals surface area contributed by atoms with Gasteiger partial charge in [-0.05, 0) is 29.5 Å². The Labute approximate surface area is 192 Å². The number of aryl methyl sites for hydroxylation is 1. The van der Waals surface area contributed by atoms with Gasteiger partial charge in [-0.2, -0.15) is 4.80 Å². The van der Waals surface area contributed by atoms with E-state index in [-0.39, 0.29) is 17.1 Å². The highest BCUT2D eigenvalue weighted by atomic mass is 31.2. The Morgan fingerprint density at radius 2 is 1.94 bits per heavy atom. The van der Waals surface area contributed by atoms with Crippen LogP contribution in [-0.4, -0.2) is 60.6 Å². The summed E-state index contributed by atoms with van der Waals surface area (Å²) in [5.74, 6) is -6.13. The fraction of sp³-hybridized carbons (Fsp3) is 0.278. The van der Waals surface area contributed by atoms with E-state index in [9.17, 15) is 23.2 Å². The maximum atomic E-state index is 15.1. The fourth-order valence-electron chi connectivity index (χ4n) is 4.01. The summed E-state index contributed by atoms with van der Waals surface area (Å²) < 4.78 is 73.6. The molecule has 17 heteroatoms. The van der Waals surface area contributed by atoms with Crippen LogP contribution < -0.4 is 4.90 Å². The fourth-order valence-corrected chi connectivity index (χ4v) is 5.71. The highest BCUT2D eigenvalue weighted by Gasteiger charge is 2.92. The number of phosphoric acid groups is 1. The van der Waals surface area contributed by atoms with E-state index in [2.05, 4.69) is 20.4 Å². The molecule has 4 fully saturated rings. The lowest BCUT2D eigenvalue weighted by atomic mass is 10.0. The van der Waals surface area contributed by atoms with Gasteiger partial charge in [-0.15, -0.1) is 10.2 Å². The van der Waals surface area contributed by atoms with Gasteiger partial charge in [0.05, 0.1) is 12.7 Å². The lowest BCUT2D eigenvalue weighted by molar-refractivity contribution is -0.297. The Balaban J connectivity index is 1.34. The number of alkyl halides is 2. The van der Waals surface area contributed by atoms with Crippen LogP contribution in [0, 0.1) is 5.82 Å². The van der Waals surface area contributed by atoms with Crippen molar-refractivity contribution in [1.29, 1.82) is 0 Å². The number of aromatic nitrogens is 5. The molecule has 4 aliphatic rings. The minimum Gasteiger partial charge on any atom is -0.404 e. The molecule has 0 unspecified atom stereocenters. The number of carbonyl (C=O) groups excluding carboxylic acids is 1. The summed E-state index contributed by atoms with van der Waals surface area (Å²) in [6, 6.07) is 6.51. The molecular formula is C18H12F3N6O7P. The van der Waals surface area contributed by atoms with Gasteiger partial charge in [0.25, 0.3) is 6.43 Å². The van der Waals surface area contributed by atoms with Crippen molar-refractivity contribution in [2.24, 2.45) is 7.05 Å². The molecule has 0 radical (unpaired) electrons. The summed E-state index contributed by atoms with van der Waals surface area (Å²) >= 11 is 0. The van der Waals surface area contributed by atoms with Gasteiger partial charge >= 0.3 is 25.6 Å². The van der Waals surface area contributed by atoms with Gasteiger partial charge in [0, 0.05) is 17.3 Å². The molecule has 1 aromatic carbocycles. The van der Waals surface area contributed by atoms with Crippen molar-refractivity contribution < 1.29 is 45.9 Å². The van der Waals surface area contributed by atoms with Crippen molar-refractivity contribution in [2.75, 3.05) is 4.90 Å². The molecule has 13 nitrogen and oxygen atoms in total. The molecule has 0 saturated carbocycles. The molecule has 1 spiro atoms. The molecule has 0 aliphatic carbocycles. The molecule has 1 N–H and O–H groups in total. The van der Waals surface area contributed by atoms with E-state index in [1.165, 1.54) is 23.1 Å². The molecule has 6 heterocycles. The maximum absolute atomic E-state index is 15.1. The van der Waals surface area contributed by atoms with Gasteiger partial charge in [0.15, 0.2) is 6.10 Å². The maximum Gasteiger partial charge on any atom is 0.486 e. The van der Waals surface area contributed by atoms with Crippen LogP contribution in [0.1, 0.15) is 0 Å². The number of ether oxygens (including phenoxy) is 1. The number of benzene rings is 1. The minimum absolute atomic E-state index is 0.0765. The van der Waals surface area contributed by atoms with E-state index < -0.39 is 44.0 Å². The molecule has 7 rings (SSSR count). The SMILES string of the molecule is Cn1nnc(-c2ccc(-c3ccc(N4C(=O)O[C@@]5([C@H](O)C(F)F)OP6(=O)OC45O6)cc3F)cn2)n1. The number of halogens is 3. The van der Waals surface area contributed by atoms with E-state index in [1.807, 2.05) is 0 Å². The summed E-state index contributed by atoms with van der Waals surface area (Å²) in [6.45, 7) is 0. The molecule has 4 aliphatic heterocycles. The van der Waals surface area contributed by atoms with E-state index in [0.29, 0.717) is 16.2 Å². The van der Waals surface area contributed by atoms with Gasteiger partial charge in [-0.1, -0.05) is 6.07 Å². The van der Waals surface area contributed by atoms with Crippen LogP contribution in [-0.2, 0) is 29.9 Å². The number of nitrogens with zero attached hydrogens (tertiary/aromatic N) is 6. The van der Waals surface area contributed by atoms with E-state index in [1.54, 1.807) is 19.2 Å². The first kappa shape index (κ1) is 22.1. The molecule has 2 aromatic heterocycles. The second-order valence-corrected chi connectivity index (χ2v) is 9.09. The number of hydrogen-bond donors (Lipinski definition) is 1. The van der Waals surface area contributed by atoms with Crippen LogP contribution in [0.5, 0.6) is 0 Å². The van der Waals surface area contributed by atoms with Crippen molar-refractivity contribution in [3.8, 4) is 22.6 Å². The van der Waals surface area contributed by atoms with Crippen molar-refractivity contribution in [1.82, 2.24) is 25.2 Å². The predicted octanol–water partition coefficient (Wildman–Crippen LogP) is 2.20. The standard InChI is InChI=1S/C18H12F3N6O7P/c1-26-24-15(23-25-26)12-5-2-8(7-22-12)10-4-3-9(6-11(10)19)27-16(29)31-17(13(28)14(20)21)18(27)33-35(30,32-17)34-18/h2-7,13-14,28H,1H3/t13-,17+,18?,35?/m1/s1. The number of pyridine rings is 1. The van der Waals surface area contributed by atoms with Gasteiger partial charge in [0.2, 0.25) is 5.82 Å². The lowest BCUT2D eigenvalue weighted by Gasteiger charge is -2.39. The van der Waals surface area contributed by atoms with Gasteiger partial charge in [0.1, 0.15) is 11.5 Å². The molecule has 4 saturated heterocycles. The average Bonchev–Trinajstić information content (AvgIpc) is 3.46. The van der Waals surface area contributed by atoms with Crippen LogP contribution >= 0.6 is 7.82 Å². The largest absolute Gasteiger partial charge is 0.486 e. The van der Waals surface area contributed by atoms with Crippen LogP contribution in [0.2, 0.25) is 0 Å². The Morgan fingerprint density at radius 1 is 1.17 bits per heavy atom. The second-order valence-electron chi connectivity index (χ2n) is 7.65. The predicted molar refractivity (Wildman–Crippen MR) is 105 cm³/mol. The van der Waals surface area contributed by atoms with Crippen LogP contribution in [0.3, 0.4) is 0 Å². The third kappa shape index (κ3) is 2.91. The number of tetrazole rings is 1. The quantitative estimate of drug-likeness (QED) is 0.501. The molecule has 3 aromatic rings. The van der Waals surface area contributed by atoms with Gasteiger partial charge in [-0.25, -0.2) is 41.0 Å². The van der Waals surface area contributed by atoms with Crippen molar-refractivity contribution in [2.45, 2.75) is 24.2 Å². The summed E-state index contributed by atoms with van der Waals surface area (Å²) in [7, 11) is -2.77. The smallest absolute Gasteiger partial charge is 0.404 e. The van der Waals surface area contributed by atoms with Crippen LogP contribution in [0.25, 0.3) is 22.6 Å². The number of phosphoric ester groups is 1. The Morgan fingerprint density at radius 3 is 2.54 bits per heavy atom. The molecule has 2 atom stereocenters. The zero-order valence-electron chi connectivity index (χ0n) is 17.3. The van der Waals surface area contributed by atoms with Crippen molar-refractivity contribution in [3.63, 3.8) is 0 Å². The monoisotopic (exact) mass is 512 g/mol. The topological polar surface area (TPSA) is 151 Å². The first-order chi connectivity index (χ1) is 16.6. The van der Waals surface area contributed by atoms with Crippen molar-refractivity contribution >= 4 is 19.6 Å². The minimum atomic E-state index is -4.36. The van der Waals surface area contributed by atoms with E-state index >= 15 is 4.39 Å². The second kappa shape index (κ2) is 7.05. The summed E-state index contributed by atoms with van der Waals surface area (Å²) in [5, 5.41) is 21.5.